The van der Waals surface area contributed by atoms with Crippen LogP contribution in [-0.4, -0.2) is 46.4 Å². The molecule has 162 valence electrons. The maximum Gasteiger partial charge on any atom is 0.191 e. The van der Waals surface area contributed by atoms with Crippen molar-refractivity contribution in [3.63, 3.8) is 0 Å². The molecule has 2 N–H and O–H groups in total. The molecule has 0 aliphatic carbocycles. The van der Waals surface area contributed by atoms with Crippen molar-refractivity contribution in [2.75, 3.05) is 40.5 Å². The number of hydrogen-bond donors (Lipinski definition) is 2. The first-order chi connectivity index (χ1) is 14.6. The van der Waals surface area contributed by atoms with Crippen LogP contribution in [-0.2, 0) is 16.6 Å². The van der Waals surface area contributed by atoms with Crippen molar-refractivity contribution in [2.45, 2.75) is 31.6 Å². The summed E-state index contributed by atoms with van der Waals surface area (Å²) in [6.45, 7) is 4.83. The van der Waals surface area contributed by atoms with Gasteiger partial charge < -0.3 is 20.1 Å². The molecule has 0 aromatic heterocycles. The Kier molecular flexibility index (Phi) is 7.69. The minimum Gasteiger partial charge on any atom is -0.496 e. The number of rotatable bonds is 7. The molecule has 1 aliphatic rings. The standard InChI is InChI=1S/C24H32FN3O2/c1-18-7-8-19(15-22(18)29-3)9-12-27-23(26-2)28-17-24(10-13-30-14-11-24)20-5-4-6-21(25)16-20/h4-8,15-16H,9-14,17H2,1-3H3,(H2,26,27,28). The van der Waals surface area contributed by atoms with Crippen LogP contribution in [0, 0.1) is 12.7 Å². The summed E-state index contributed by atoms with van der Waals surface area (Å²) < 4.78 is 24.8. The van der Waals surface area contributed by atoms with Crippen molar-refractivity contribution < 1.29 is 13.9 Å². The van der Waals surface area contributed by atoms with E-state index in [0.29, 0.717) is 19.8 Å². The van der Waals surface area contributed by atoms with Crippen LogP contribution in [0.4, 0.5) is 4.39 Å². The number of aryl methyl sites for hydroxylation is 1. The van der Waals surface area contributed by atoms with Gasteiger partial charge in [-0.1, -0.05) is 24.3 Å². The van der Waals surface area contributed by atoms with Gasteiger partial charge in [0.1, 0.15) is 11.6 Å². The Labute approximate surface area is 178 Å². The van der Waals surface area contributed by atoms with E-state index < -0.39 is 0 Å². The van der Waals surface area contributed by atoms with Crippen molar-refractivity contribution >= 4 is 5.96 Å². The zero-order valence-electron chi connectivity index (χ0n) is 18.1. The van der Waals surface area contributed by atoms with Gasteiger partial charge in [-0.3, -0.25) is 4.99 Å². The average molecular weight is 414 g/mol. The van der Waals surface area contributed by atoms with Gasteiger partial charge in [0.05, 0.1) is 7.11 Å². The second-order valence-electron chi connectivity index (χ2n) is 7.81. The summed E-state index contributed by atoms with van der Waals surface area (Å²) in [7, 11) is 3.46. The third kappa shape index (κ3) is 5.51. The van der Waals surface area contributed by atoms with E-state index in [1.165, 1.54) is 11.6 Å². The van der Waals surface area contributed by atoms with Crippen molar-refractivity contribution in [1.29, 1.82) is 0 Å². The van der Waals surface area contributed by atoms with E-state index in [0.717, 1.165) is 48.6 Å². The van der Waals surface area contributed by atoms with Gasteiger partial charge in [0.2, 0.25) is 0 Å². The maximum atomic E-state index is 13.9. The molecule has 1 fully saturated rings. The van der Waals surface area contributed by atoms with Gasteiger partial charge in [-0.25, -0.2) is 4.39 Å². The predicted molar refractivity (Wildman–Crippen MR) is 119 cm³/mol. The van der Waals surface area contributed by atoms with Gasteiger partial charge in [-0.2, -0.15) is 0 Å². The lowest BCUT2D eigenvalue weighted by Crippen LogP contribution is -2.48. The van der Waals surface area contributed by atoms with Gasteiger partial charge in [0, 0.05) is 38.8 Å². The van der Waals surface area contributed by atoms with E-state index in [4.69, 9.17) is 9.47 Å². The molecule has 30 heavy (non-hydrogen) atoms. The van der Waals surface area contributed by atoms with Crippen LogP contribution in [0.25, 0.3) is 0 Å². The van der Waals surface area contributed by atoms with Crippen molar-refractivity contribution in [3.05, 3.63) is 65.0 Å². The minimum absolute atomic E-state index is 0.164. The van der Waals surface area contributed by atoms with Crippen LogP contribution in [0.3, 0.4) is 0 Å². The van der Waals surface area contributed by atoms with Crippen LogP contribution < -0.4 is 15.4 Å². The number of ether oxygens (including phenoxy) is 2. The normalized spacial score (nSPS) is 16.2. The number of hydrogen-bond acceptors (Lipinski definition) is 3. The molecular weight excluding hydrogens is 381 g/mol. The average Bonchev–Trinajstić information content (AvgIpc) is 2.77. The van der Waals surface area contributed by atoms with Gasteiger partial charge in [0.25, 0.3) is 0 Å². The molecular formula is C24H32FN3O2. The Hall–Kier alpha value is -2.60. The SMILES string of the molecule is CN=C(NCCc1ccc(C)c(OC)c1)NCC1(c2cccc(F)c2)CCOCC1. The lowest BCUT2D eigenvalue weighted by atomic mass is 9.74. The van der Waals surface area contributed by atoms with Gasteiger partial charge in [-0.05, 0) is 61.1 Å². The van der Waals surface area contributed by atoms with E-state index in [1.807, 2.05) is 13.0 Å². The first-order valence-electron chi connectivity index (χ1n) is 10.5. The highest BCUT2D eigenvalue weighted by atomic mass is 19.1. The van der Waals surface area contributed by atoms with Crippen LogP contribution in [0.1, 0.15) is 29.5 Å². The molecule has 0 saturated carbocycles. The summed E-state index contributed by atoms with van der Waals surface area (Å²) in [5, 5.41) is 6.83. The Balaban J connectivity index is 1.59. The highest BCUT2D eigenvalue weighted by molar-refractivity contribution is 5.79. The number of methoxy groups -OCH3 is 1. The summed E-state index contributed by atoms with van der Waals surface area (Å²) in [5.74, 6) is 1.46. The molecule has 5 nitrogen and oxygen atoms in total. The summed E-state index contributed by atoms with van der Waals surface area (Å²) in [6.07, 6.45) is 2.56. The monoisotopic (exact) mass is 413 g/mol. The molecule has 2 aromatic carbocycles. The number of guanidine groups is 1. The highest BCUT2D eigenvalue weighted by Crippen LogP contribution is 2.34. The fourth-order valence-electron chi connectivity index (χ4n) is 3.97. The summed E-state index contributed by atoms with van der Waals surface area (Å²) in [5.41, 5.74) is 3.19. The fraction of sp³-hybridized carbons (Fsp3) is 0.458. The lowest BCUT2D eigenvalue weighted by Gasteiger charge is -2.38. The Morgan fingerprint density at radius 1 is 1.17 bits per heavy atom. The number of nitrogens with one attached hydrogen (secondary N) is 2. The zero-order valence-corrected chi connectivity index (χ0v) is 18.1. The Morgan fingerprint density at radius 2 is 1.97 bits per heavy atom. The van der Waals surface area contributed by atoms with E-state index in [1.54, 1.807) is 26.3 Å². The second-order valence-corrected chi connectivity index (χ2v) is 7.81. The second kappa shape index (κ2) is 10.4. The molecule has 6 heteroatoms. The third-order valence-electron chi connectivity index (χ3n) is 5.88. The molecule has 0 bridgehead atoms. The lowest BCUT2D eigenvalue weighted by molar-refractivity contribution is 0.0513. The molecule has 1 saturated heterocycles. The van der Waals surface area contributed by atoms with Crippen molar-refractivity contribution in [2.24, 2.45) is 4.99 Å². The molecule has 0 amide bonds. The van der Waals surface area contributed by atoms with E-state index in [2.05, 4.69) is 33.8 Å². The number of halogens is 1. The fourth-order valence-corrected chi connectivity index (χ4v) is 3.97. The number of benzene rings is 2. The topological polar surface area (TPSA) is 54.9 Å². The Morgan fingerprint density at radius 3 is 2.67 bits per heavy atom. The van der Waals surface area contributed by atoms with E-state index >= 15 is 0 Å². The zero-order chi connectivity index (χ0) is 21.4. The minimum atomic E-state index is -0.200. The first-order valence-corrected chi connectivity index (χ1v) is 10.5. The molecule has 1 aliphatic heterocycles. The largest absolute Gasteiger partial charge is 0.496 e. The summed E-state index contributed by atoms with van der Waals surface area (Å²) in [4.78, 5) is 4.36. The summed E-state index contributed by atoms with van der Waals surface area (Å²) >= 11 is 0. The maximum absolute atomic E-state index is 13.9. The number of nitrogens with zero attached hydrogens (tertiary/aromatic N) is 1. The predicted octanol–water partition coefficient (Wildman–Crippen LogP) is 3.60. The van der Waals surface area contributed by atoms with Crippen LogP contribution in [0.2, 0.25) is 0 Å². The number of aliphatic imine (C=N–C) groups is 1. The van der Waals surface area contributed by atoms with E-state index in [9.17, 15) is 4.39 Å². The van der Waals surface area contributed by atoms with Crippen molar-refractivity contribution in [1.82, 2.24) is 10.6 Å². The Bertz CT molecular complexity index is 863. The van der Waals surface area contributed by atoms with Gasteiger partial charge in [-0.15, -0.1) is 0 Å². The molecule has 0 radical (unpaired) electrons. The quantitative estimate of drug-likeness (QED) is 0.538. The van der Waals surface area contributed by atoms with Crippen molar-refractivity contribution in [3.8, 4) is 5.75 Å². The van der Waals surface area contributed by atoms with Gasteiger partial charge >= 0.3 is 0 Å². The molecule has 3 rings (SSSR count). The molecule has 1 heterocycles. The first kappa shape index (κ1) is 22.1. The summed E-state index contributed by atoms with van der Waals surface area (Å²) in [6, 6.07) is 13.2. The molecule has 0 spiro atoms. The molecule has 2 aromatic rings. The smallest absolute Gasteiger partial charge is 0.191 e. The third-order valence-corrected chi connectivity index (χ3v) is 5.88. The van der Waals surface area contributed by atoms with Crippen LogP contribution in [0.15, 0.2) is 47.5 Å². The molecule has 0 atom stereocenters. The highest BCUT2D eigenvalue weighted by Gasteiger charge is 2.34. The molecule has 0 unspecified atom stereocenters. The van der Waals surface area contributed by atoms with Crippen LogP contribution >= 0.6 is 0 Å². The van der Waals surface area contributed by atoms with E-state index in [-0.39, 0.29) is 11.2 Å². The van der Waals surface area contributed by atoms with Crippen LogP contribution in [0.5, 0.6) is 5.75 Å². The van der Waals surface area contributed by atoms with Gasteiger partial charge in [0.15, 0.2) is 5.96 Å².